The molecule has 0 aliphatic carbocycles. The molecule has 176 valence electrons. The van der Waals surface area contributed by atoms with Crippen molar-refractivity contribution in [2.24, 2.45) is 0 Å². The van der Waals surface area contributed by atoms with Gasteiger partial charge in [-0.1, -0.05) is 13.5 Å². The summed E-state index contributed by atoms with van der Waals surface area (Å²) >= 11 is 0. The summed E-state index contributed by atoms with van der Waals surface area (Å²) in [6.45, 7) is 2.10. The topological polar surface area (TPSA) is 116 Å². The van der Waals surface area contributed by atoms with Gasteiger partial charge in [0, 0.05) is 12.5 Å². The predicted molar refractivity (Wildman–Crippen MR) is 83.0 cm³/mol. The van der Waals surface area contributed by atoms with E-state index in [1.165, 1.54) is 6.92 Å². The fourth-order valence-corrected chi connectivity index (χ4v) is 2.18. The maximum atomic E-state index is 13.4. The van der Waals surface area contributed by atoms with Crippen LogP contribution in [0.3, 0.4) is 0 Å². The number of hydrogen-bond donors (Lipinski definition) is 1. The quantitative estimate of drug-likeness (QED) is 0.114. The second kappa shape index (κ2) is 9.91. The molecule has 0 amide bonds. The number of rotatable bonds is 12. The van der Waals surface area contributed by atoms with Gasteiger partial charge in [0.25, 0.3) is 0 Å². The molecule has 16 heteroatoms. The second-order valence-electron chi connectivity index (χ2n) is 5.52. The number of carbonyl (C=O) groups is 2. The van der Waals surface area contributed by atoms with Crippen molar-refractivity contribution in [1.82, 2.24) is 0 Å². The van der Waals surface area contributed by atoms with Gasteiger partial charge in [-0.05, 0) is 12.8 Å². The first-order chi connectivity index (χ1) is 13.4. The lowest BCUT2D eigenvalue weighted by atomic mass is 10.2. The van der Waals surface area contributed by atoms with E-state index in [-0.39, 0.29) is 12.5 Å². The Labute approximate surface area is 165 Å². The number of esters is 2. The van der Waals surface area contributed by atoms with E-state index in [1.54, 1.807) is 0 Å². The van der Waals surface area contributed by atoms with Crippen molar-refractivity contribution in [3.63, 3.8) is 0 Å². The highest BCUT2D eigenvalue weighted by molar-refractivity contribution is 7.87. The molecule has 0 heterocycles. The highest BCUT2D eigenvalue weighted by Gasteiger charge is 2.68. The van der Waals surface area contributed by atoms with Gasteiger partial charge in [0.15, 0.2) is 0 Å². The van der Waals surface area contributed by atoms with Crippen molar-refractivity contribution in [1.29, 1.82) is 0 Å². The zero-order valence-electron chi connectivity index (χ0n) is 15.2. The second-order valence-corrected chi connectivity index (χ2v) is 6.99. The largest absolute Gasteiger partial charge is 0.468 e. The van der Waals surface area contributed by atoms with E-state index < -0.39 is 71.3 Å². The lowest BCUT2D eigenvalue weighted by molar-refractivity contribution is -0.354. The molecule has 30 heavy (non-hydrogen) atoms. The van der Waals surface area contributed by atoms with Gasteiger partial charge in [-0.25, -0.2) is 9.59 Å². The third kappa shape index (κ3) is 6.28. The van der Waals surface area contributed by atoms with Crippen molar-refractivity contribution in [3.8, 4) is 0 Å². The van der Waals surface area contributed by atoms with E-state index in [0.717, 1.165) is 0 Å². The van der Waals surface area contributed by atoms with E-state index in [0.29, 0.717) is 0 Å². The molecule has 0 bridgehead atoms. The smallest absolute Gasteiger partial charge is 0.461 e. The zero-order chi connectivity index (χ0) is 24.0. The third-order valence-corrected chi connectivity index (χ3v) is 4.13. The fourth-order valence-electron chi connectivity index (χ4n) is 1.70. The molecule has 1 N–H and O–H groups in total. The zero-order valence-corrected chi connectivity index (χ0v) is 16.0. The molecular formula is C14H17F7O8S. The van der Waals surface area contributed by atoms with Crippen LogP contribution in [0.2, 0.25) is 0 Å². The maximum Gasteiger partial charge on any atom is 0.468 e. The minimum absolute atomic E-state index is 0.0338. The minimum Gasteiger partial charge on any atom is -0.461 e. The predicted octanol–water partition coefficient (Wildman–Crippen LogP) is 2.84. The molecule has 0 rings (SSSR count). The van der Waals surface area contributed by atoms with Crippen LogP contribution in [0, 0.1) is 0 Å². The molecule has 1 unspecified atom stereocenters. The summed E-state index contributed by atoms with van der Waals surface area (Å²) in [5.74, 6) is -13.9. The average molecular weight is 478 g/mol. The number of carbonyl (C=O) groups excluding carboxylic acids is 2. The van der Waals surface area contributed by atoms with Crippen molar-refractivity contribution in [2.45, 2.75) is 49.3 Å². The van der Waals surface area contributed by atoms with Crippen molar-refractivity contribution < 1.29 is 67.5 Å². The molecule has 0 saturated carbocycles. The first kappa shape index (κ1) is 28.1. The number of halogens is 7. The van der Waals surface area contributed by atoms with E-state index >= 15 is 0 Å². The minimum atomic E-state index is -6.55. The maximum absolute atomic E-state index is 13.4. The summed E-state index contributed by atoms with van der Waals surface area (Å²) < 4.78 is 135. The molecule has 0 aliphatic rings. The molecule has 0 fully saturated rings. The van der Waals surface area contributed by atoms with E-state index in [2.05, 4.69) is 20.8 Å². The summed E-state index contributed by atoms with van der Waals surface area (Å²) in [5.41, 5.74) is 0. The molecule has 1 atom stereocenters. The first-order valence-electron chi connectivity index (χ1n) is 7.85. The molecule has 0 saturated heterocycles. The molecule has 0 radical (unpaired) electrons. The van der Waals surface area contributed by atoms with Gasteiger partial charge in [-0.2, -0.15) is 39.2 Å². The first-order valence-corrected chi connectivity index (χ1v) is 9.29. The summed E-state index contributed by atoms with van der Waals surface area (Å²) in [4.78, 5) is 23.1. The van der Waals surface area contributed by atoms with Gasteiger partial charge in [0.2, 0.25) is 0 Å². The number of ether oxygens (including phenoxy) is 3. The van der Waals surface area contributed by atoms with Gasteiger partial charge in [0.05, 0.1) is 13.2 Å². The van der Waals surface area contributed by atoms with E-state index in [9.17, 15) is 48.7 Å². The van der Waals surface area contributed by atoms with E-state index in [4.69, 9.17) is 4.55 Å². The molecule has 0 aromatic rings. The Bertz CT molecular complexity index is 735. The highest BCUT2D eigenvalue weighted by Crippen LogP contribution is 2.42. The van der Waals surface area contributed by atoms with Crippen LogP contribution >= 0.6 is 0 Å². The highest BCUT2D eigenvalue weighted by atomic mass is 32.2. The van der Waals surface area contributed by atoms with Crippen molar-refractivity contribution in [2.75, 3.05) is 13.2 Å². The lowest BCUT2D eigenvalue weighted by Gasteiger charge is -2.32. The average Bonchev–Trinajstić information content (AvgIpc) is 2.59. The number of alkyl halides is 7. The third-order valence-electron chi connectivity index (χ3n) is 3.18. The van der Waals surface area contributed by atoms with Crippen LogP contribution in [0.15, 0.2) is 12.7 Å². The Hall–Kier alpha value is -1.94. The monoisotopic (exact) mass is 478 g/mol. The summed E-state index contributed by atoms with van der Waals surface area (Å²) in [6.07, 6.45) is -9.02. The number of hydrogen-bond acceptors (Lipinski definition) is 7. The van der Waals surface area contributed by atoms with Gasteiger partial charge in [-0.15, -0.1) is 0 Å². The fraction of sp³-hybridized carbons (Fsp3) is 0.714. The Morgan fingerprint density at radius 1 is 1.07 bits per heavy atom. The molecule has 0 aliphatic heterocycles. The van der Waals surface area contributed by atoms with Crippen molar-refractivity contribution in [3.05, 3.63) is 12.7 Å². The normalized spacial score (nSPS) is 15.2. The Kier molecular flexibility index (Phi) is 9.27. The lowest BCUT2D eigenvalue weighted by Crippen LogP contribution is -2.58. The van der Waals surface area contributed by atoms with Gasteiger partial charge < -0.3 is 14.2 Å². The SMILES string of the molecule is C=CC(=O)OC(OCCCC(F)(F)C(F)(F)S(=O)(=O)O)(C(=O)OCCC)C(F)(F)F. The molecule has 0 spiro atoms. The Morgan fingerprint density at radius 2 is 1.60 bits per heavy atom. The van der Waals surface area contributed by atoms with Crippen LogP contribution in [0.1, 0.15) is 26.2 Å². The standard InChI is InChI=1S/C14H17F7O8S/c1-3-7-27-10(23)12(13(17,18)19,29-9(22)4-2)28-8-5-6-11(15,16)14(20,21)30(24,25)26/h4H,2-3,5-8H2,1H3,(H,24,25,26). The summed E-state index contributed by atoms with van der Waals surface area (Å²) in [6, 6.07) is 0. The summed E-state index contributed by atoms with van der Waals surface area (Å²) in [5, 5.41) is -5.95. The van der Waals surface area contributed by atoms with Crippen LogP contribution in [0.25, 0.3) is 0 Å². The van der Waals surface area contributed by atoms with Crippen LogP contribution in [-0.4, -0.2) is 61.3 Å². The summed E-state index contributed by atoms with van der Waals surface area (Å²) in [7, 11) is -6.55. The van der Waals surface area contributed by atoms with Crippen LogP contribution in [-0.2, 0) is 33.9 Å². The van der Waals surface area contributed by atoms with Crippen LogP contribution in [0.5, 0.6) is 0 Å². The van der Waals surface area contributed by atoms with Gasteiger partial charge in [-0.3, -0.25) is 4.55 Å². The van der Waals surface area contributed by atoms with Crippen LogP contribution < -0.4 is 0 Å². The molecule has 0 aromatic heterocycles. The van der Waals surface area contributed by atoms with E-state index in [1.807, 2.05) is 0 Å². The van der Waals surface area contributed by atoms with Crippen molar-refractivity contribution >= 4 is 22.1 Å². The van der Waals surface area contributed by atoms with Gasteiger partial charge >= 0.3 is 45.2 Å². The Morgan fingerprint density at radius 3 is 2.00 bits per heavy atom. The van der Waals surface area contributed by atoms with Gasteiger partial charge in [0.1, 0.15) is 0 Å². The molecule has 8 nitrogen and oxygen atoms in total. The Balaban J connectivity index is 5.61. The molecule has 0 aromatic carbocycles. The molecular weight excluding hydrogens is 461 g/mol. The van der Waals surface area contributed by atoms with Crippen LogP contribution in [0.4, 0.5) is 30.7 Å².